The van der Waals surface area contributed by atoms with Gasteiger partial charge in [0.15, 0.2) is 0 Å². The van der Waals surface area contributed by atoms with E-state index in [9.17, 15) is 14.0 Å². The number of primary amides is 1. The highest BCUT2D eigenvalue weighted by molar-refractivity contribution is 5.95. The quantitative estimate of drug-likeness (QED) is 0.515. The second-order valence-electron chi connectivity index (χ2n) is 7.47. The Hall–Kier alpha value is -4.00. The molecule has 0 spiro atoms. The van der Waals surface area contributed by atoms with Gasteiger partial charge in [0.05, 0.1) is 17.8 Å². The Bertz CT molecular complexity index is 1310. The summed E-state index contributed by atoms with van der Waals surface area (Å²) in [4.78, 5) is 28.7. The Balaban J connectivity index is 1.69. The number of benzene rings is 2. The largest absolute Gasteiger partial charge is 0.366 e. The van der Waals surface area contributed by atoms with E-state index < -0.39 is 5.91 Å². The predicted octanol–water partition coefficient (Wildman–Crippen LogP) is 4.04. The minimum Gasteiger partial charge on any atom is -0.366 e. The summed E-state index contributed by atoms with van der Waals surface area (Å²) in [5, 5.41) is 2.83. The number of aromatic nitrogens is 2. The third-order valence-corrected chi connectivity index (χ3v) is 5.08. The number of carbonyl (C=O) groups is 2. The molecular formula is C24H21FN4O2. The van der Waals surface area contributed by atoms with E-state index in [-0.39, 0.29) is 18.1 Å². The van der Waals surface area contributed by atoms with Crippen molar-refractivity contribution in [1.29, 1.82) is 0 Å². The number of amides is 2. The maximum absolute atomic E-state index is 13.8. The number of anilines is 1. The molecule has 4 rings (SSSR count). The van der Waals surface area contributed by atoms with Gasteiger partial charge in [-0.3, -0.25) is 9.59 Å². The molecule has 156 valence electrons. The Kier molecular flexibility index (Phi) is 5.25. The summed E-state index contributed by atoms with van der Waals surface area (Å²) in [5.41, 5.74) is 10.5. The summed E-state index contributed by atoms with van der Waals surface area (Å²) in [6.07, 6.45) is 1.99. The van der Waals surface area contributed by atoms with Crippen LogP contribution < -0.4 is 11.1 Å². The minimum absolute atomic E-state index is 0.0634. The number of halogens is 1. The maximum Gasteiger partial charge on any atom is 0.248 e. The number of carbonyl (C=O) groups excluding carboxylic acids is 2. The van der Waals surface area contributed by atoms with E-state index in [1.807, 2.05) is 29.7 Å². The van der Waals surface area contributed by atoms with Crippen molar-refractivity contribution in [2.24, 2.45) is 5.73 Å². The average molecular weight is 416 g/mol. The van der Waals surface area contributed by atoms with Crippen molar-refractivity contribution in [3.8, 4) is 11.3 Å². The summed E-state index contributed by atoms with van der Waals surface area (Å²) in [7, 11) is 0. The first kappa shape index (κ1) is 20.3. The van der Waals surface area contributed by atoms with E-state index in [0.29, 0.717) is 33.8 Å². The molecule has 3 N–H and O–H groups in total. The third kappa shape index (κ3) is 4.16. The number of hydrogen-bond donors (Lipinski definition) is 2. The molecule has 7 heteroatoms. The smallest absolute Gasteiger partial charge is 0.248 e. The molecule has 2 aromatic carbocycles. The first-order chi connectivity index (χ1) is 14.8. The van der Waals surface area contributed by atoms with E-state index in [4.69, 9.17) is 10.7 Å². The fourth-order valence-corrected chi connectivity index (χ4v) is 3.47. The Labute approximate surface area is 178 Å². The molecule has 0 aliphatic carbocycles. The van der Waals surface area contributed by atoms with Crippen LogP contribution in [-0.2, 0) is 11.2 Å². The minimum atomic E-state index is -0.529. The normalized spacial score (nSPS) is 10.9. The first-order valence-corrected chi connectivity index (χ1v) is 9.75. The van der Waals surface area contributed by atoms with Crippen LogP contribution in [-0.4, -0.2) is 21.2 Å². The molecule has 2 amide bonds. The van der Waals surface area contributed by atoms with E-state index in [1.54, 1.807) is 43.3 Å². The van der Waals surface area contributed by atoms with E-state index >= 15 is 0 Å². The molecule has 0 aliphatic rings. The van der Waals surface area contributed by atoms with Crippen molar-refractivity contribution in [1.82, 2.24) is 9.38 Å². The van der Waals surface area contributed by atoms with Crippen LogP contribution in [0.25, 0.3) is 16.9 Å². The van der Waals surface area contributed by atoms with Crippen LogP contribution >= 0.6 is 0 Å². The molecule has 0 atom stereocenters. The number of rotatable bonds is 5. The highest BCUT2D eigenvalue weighted by atomic mass is 19.1. The van der Waals surface area contributed by atoms with Gasteiger partial charge in [-0.1, -0.05) is 6.07 Å². The lowest BCUT2D eigenvalue weighted by molar-refractivity contribution is -0.115. The number of nitrogens with zero attached hydrogens (tertiary/aromatic N) is 2. The second kappa shape index (κ2) is 8.02. The number of nitrogens with one attached hydrogen (secondary N) is 1. The number of aryl methyl sites for hydroxylation is 2. The Morgan fingerprint density at radius 2 is 1.81 bits per heavy atom. The van der Waals surface area contributed by atoms with Crippen molar-refractivity contribution < 1.29 is 14.0 Å². The van der Waals surface area contributed by atoms with Gasteiger partial charge < -0.3 is 15.5 Å². The third-order valence-electron chi connectivity index (χ3n) is 5.08. The van der Waals surface area contributed by atoms with E-state index in [1.165, 1.54) is 6.07 Å². The number of pyridine rings is 1. The molecule has 0 radical (unpaired) electrons. The molecule has 0 fully saturated rings. The van der Waals surface area contributed by atoms with Crippen LogP contribution in [0.1, 0.15) is 27.2 Å². The van der Waals surface area contributed by atoms with Crippen LogP contribution in [0.4, 0.5) is 10.1 Å². The van der Waals surface area contributed by atoms with Gasteiger partial charge in [-0.15, -0.1) is 0 Å². The molecule has 0 saturated heterocycles. The standard InChI is InChI=1S/C24H21FN4O2/c1-14-3-10-21-28-23(17-6-9-19(25)15(2)11-17)20(29(21)13-14)12-22(30)27-18-7-4-16(5-8-18)24(26)31/h3-11,13H,12H2,1-2H3,(H2,26,31)(H,27,30). The van der Waals surface area contributed by atoms with Crippen LogP contribution in [0, 0.1) is 19.7 Å². The summed E-state index contributed by atoms with van der Waals surface area (Å²) in [6.45, 7) is 3.66. The van der Waals surface area contributed by atoms with Crippen LogP contribution in [0.2, 0.25) is 0 Å². The molecule has 0 unspecified atom stereocenters. The summed E-state index contributed by atoms with van der Waals surface area (Å²) < 4.78 is 15.7. The molecule has 4 aromatic rings. The highest BCUT2D eigenvalue weighted by Gasteiger charge is 2.18. The van der Waals surface area contributed by atoms with Crippen molar-refractivity contribution in [3.05, 3.63) is 89.0 Å². The molecule has 0 saturated carbocycles. The number of imidazole rings is 1. The number of fused-ring (bicyclic) bond motifs is 1. The van der Waals surface area contributed by atoms with Gasteiger partial charge in [0.2, 0.25) is 11.8 Å². The lowest BCUT2D eigenvalue weighted by Crippen LogP contribution is -2.16. The zero-order chi connectivity index (χ0) is 22.1. The number of hydrogen-bond acceptors (Lipinski definition) is 3. The average Bonchev–Trinajstić information content (AvgIpc) is 3.08. The van der Waals surface area contributed by atoms with E-state index in [2.05, 4.69) is 5.32 Å². The van der Waals surface area contributed by atoms with Crippen LogP contribution in [0.5, 0.6) is 0 Å². The lowest BCUT2D eigenvalue weighted by atomic mass is 10.1. The molecule has 2 heterocycles. The van der Waals surface area contributed by atoms with Gasteiger partial charge in [0.1, 0.15) is 11.5 Å². The summed E-state index contributed by atoms with van der Waals surface area (Å²) in [6, 6.07) is 15.0. The zero-order valence-electron chi connectivity index (χ0n) is 17.1. The summed E-state index contributed by atoms with van der Waals surface area (Å²) >= 11 is 0. The molecule has 0 bridgehead atoms. The van der Waals surface area contributed by atoms with Gasteiger partial charge in [0.25, 0.3) is 0 Å². The topological polar surface area (TPSA) is 89.5 Å². The van der Waals surface area contributed by atoms with Gasteiger partial charge in [-0.05, 0) is 73.5 Å². The first-order valence-electron chi connectivity index (χ1n) is 9.75. The van der Waals surface area contributed by atoms with Crippen molar-refractivity contribution in [3.63, 3.8) is 0 Å². The number of nitrogens with two attached hydrogens (primary N) is 1. The van der Waals surface area contributed by atoms with Crippen molar-refractivity contribution >= 4 is 23.1 Å². The van der Waals surface area contributed by atoms with Gasteiger partial charge >= 0.3 is 0 Å². The SMILES string of the molecule is Cc1ccc2nc(-c3ccc(F)c(C)c3)c(CC(=O)Nc3ccc(C(N)=O)cc3)n2c1. The molecule has 31 heavy (non-hydrogen) atoms. The second-order valence-corrected chi connectivity index (χ2v) is 7.47. The highest BCUT2D eigenvalue weighted by Crippen LogP contribution is 2.27. The fourth-order valence-electron chi connectivity index (χ4n) is 3.47. The predicted molar refractivity (Wildman–Crippen MR) is 117 cm³/mol. The zero-order valence-corrected chi connectivity index (χ0v) is 17.1. The summed E-state index contributed by atoms with van der Waals surface area (Å²) in [5.74, 6) is -1.06. The fraction of sp³-hybridized carbons (Fsp3) is 0.125. The molecule has 0 aliphatic heterocycles. The molecular weight excluding hydrogens is 395 g/mol. The lowest BCUT2D eigenvalue weighted by Gasteiger charge is -2.09. The van der Waals surface area contributed by atoms with Gasteiger partial charge in [-0.25, -0.2) is 9.37 Å². The van der Waals surface area contributed by atoms with Crippen molar-refractivity contribution in [2.45, 2.75) is 20.3 Å². The van der Waals surface area contributed by atoms with Crippen LogP contribution in [0.3, 0.4) is 0 Å². The van der Waals surface area contributed by atoms with Gasteiger partial charge in [0, 0.05) is 23.0 Å². The van der Waals surface area contributed by atoms with Gasteiger partial charge in [-0.2, -0.15) is 0 Å². The van der Waals surface area contributed by atoms with E-state index in [0.717, 1.165) is 11.1 Å². The van der Waals surface area contributed by atoms with Crippen molar-refractivity contribution in [2.75, 3.05) is 5.32 Å². The van der Waals surface area contributed by atoms with Crippen LogP contribution in [0.15, 0.2) is 60.8 Å². The Morgan fingerprint density at radius 1 is 1.06 bits per heavy atom. The monoisotopic (exact) mass is 416 g/mol. The maximum atomic E-state index is 13.8. The Morgan fingerprint density at radius 3 is 2.48 bits per heavy atom. The molecule has 6 nitrogen and oxygen atoms in total. The molecule has 2 aromatic heterocycles.